The van der Waals surface area contributed by atoms with E-state index in [1.807, 2.05) is 11.0 Å². The fourth-order valence-electron chi connectivity index (χ4n) is 3.14. The molecule has 1 aromatic heterocycles. The number of hydrazine groups is 1. The van der Waals surface area contributed by atoms with Gasteiger partial charge in [-0.2, -0.15) is 0 Å². The van der Waals surface area contributed by atoms with Gasteiger partial charge >= 0.3 is 5.97 Å². The smallest absolute Gasteiger partial charge is 0.310 e. The van der Waals surface area contributed by atoms with E-state index in [0.29, 0.717) is 36.0 Å². The van der Waals surface area contributed by atoms with E-state index in [-0.39, 0.29) is 17.8 Å². The predicted molar refractivity (Wildman–Crippen MR) is 106 cm³/mol. The van der Waals surface area contributed by atoms with Crippen LogP contribution in [0.15, 0.2) is 36.7 Å². The van der Waals surface area contributed by atoms with E-state index in [2.05, 4.69) is 20.8 Å². The van der Waals surface area contributed by atoms with Gasteiger partial charge in [-0.05, 0) is 31.9 Å². The first kappa shape index (κ1) is 19.4. The zero-order valence-electron chi connectivity index (χ0n) is 15.7. The lowest BCUT2D eigenvalue weighted by Crippen LogP contribution is -2.40. The molecule has 1 saturated heterocycles. The van der Waals surface area contributed by atoms with Crippen LogP contribution in [0.4, 0.5) is 17.3 Å². The van der Waals surface area contributed by atoms with Gasteiger partial charge in [0.1, 0.15) is 12.0 Å². The summed E-state index contributed by atoms with van der Waals surface area (Å²) in [6, 6.07) is 8.80. The molecule has 2 heterocycles. The van der Waals surface area contributed by atoms with Crippen molar-refractivity contribution in [3.63, 3.8) is 0 Å². The van der Waals surface area contributed by atoms with Gasteiger partial charge in [0.15, 0.2) is 11.6 Å². The van der Waals surface area contributed by atoms with Crippen molar-refractivity contribution in [3.8, 4) is 0 Å². The number of nitrogen functional groups attached to an aromatic ring is 1. The third-order valence-corrected chi connectivity index (χ3v) is 4.53. The Morgan fingerprint density at radius 2 is 2.07 bits per heavy atom. The van der Waals surface area contributed by atoms with Crippen molar-refractivity contribution in [2.45, 2.75) is 19.8 Å². The van der Waals surface area contributed by atoms with Crippen LogP contribution in [0, 0.1) is 5.92 Å². The molecule has 2 aromatic rings. The Morgan fingerprint density at radius 1 is 1.29 bits per heavy atom. The average molecular weight is 384 g/mol. The molecule has 1 fully saturated rings. The molecule has 1 aliphatic rings. The number of hydrogen-bond acceptors (Lipinski definition) is 8. The molecule has 1 unspecified atom stereocenters. The summed E-state index contributed by atoms with van der Waals surface area (Å²) < 4.78 is 5.14. The Labute approximate surface area is 163 Å². The van der Waals surface area contributed by atoms with Crippen LogP contribution in [-0.2, 0) is 9.53 Å². The molecule has 0 bridgehead atoms. The molecule has 3 rings (SSSR count). The van der Waals surface area contributed by atoms with E-state index in [1.54, 1.807) is 31.2 Å². The first-order chi connectivity index (χ1) is 13.6. The molecule has 1 aliphatic heterocycles. The van der Waals surface area contributed by atoms with E-state index >= 15 is 0 Å². The number of nitrogens with two attached hydrogens (primary N) is 1. The number of benzene rings is 1. The highest BCUT2D eigenvalue weighted by Gasteiger charge is 2.29. The van der Waals surface area contributed by atoms with E-state index in [0.717, 1.165) is 19.4 Å². The third-order valence-electron chi connectivity index (χ3n) is 4.53. The summed E-state index contributed by atoms with van der Waals surface area (Å²) >= 11 is 0. The van der Waals surface area contributed by atoms with Gasteiger partial charge in [-0.15, -0.1) is 0 Å². The number of carbonyl (C=O) groups is 2. The maximum Gasteiger partial charge on any atom is 0.310 e. The molecule has 0 spiro atoms. The van der Waals surface area contributed by atoms with Crippen LogP contribution in [0.5, 0.6) is 0 Å². The normalized spacial score (nSPS) is 16.3. The first-order valence-electron chi connectivity index (χ1n) is 9.23. The number of rotatable bonds is 6. The number of nitrogens with one attached hydrogen (secondary N) is 2. The molecule has 4 N–H and O–H groups in total. The van der Waals surface area contributed by atoms with Crippen LogP contribution in [0.1, 0.15) is 30.1 Å². The minimum Gasteiger partial charge on any atom is -0.466 e. The van der Waals surface area contributed by atoms with E-state index in [9.17, 15) is 9.59 Å². The van der Waals surface area contributed by atoms with Crippen molar-refractivity contribution in [1.82, 2.24) is 15.4 Å². The van der Waals surface area contributed by atoms with Crippen molar-refractivity contribution < 1.29 is 14.3 Å². The predicted octanol–water partition coefficient (Wildman–Crippen LogP) is 1.60. The Hall–Kier alpha value is -3.36. The van der Waals surface area contributed by atoms with Crippen LogP contribution in [-0.4, -0.2) is 41.5 Å². The van der Waals surface area contributed by atoms with Gasteiger partial charge in [-0.25, -0.2) is 9.97 Å². The summed E-state index contributed by atoms with van der Waals surface area (Å²) in [5, 5.41) is 0. The maximum absolute atomic E-state index is 12.2. The van der Waals surface area contributed by atoms with E-state index in [1.165, 1.54) is 6.33 Å². The molecule has 28 heavy (non-hydrogen) atoms. The number of esters is 1. The maximum atomic E-state index is 12.2. The summed E-state index contributed by atoms with van der Waals surface area (Å²) in [5.74, 6) is 0.110. The Morgan fingerprint density at radius 3 is 2.82 bits per heavy atom. The number of ether oxygens (including phenoxy) is 1. The number of piperidine rings is 1. The number of hydrogen-bond donors (Lipinski definition) is 3. The van der Waals surface area contributed by atoms with Crippen LogP contribution in [0.2, 0.25) is 0 Å². The van der Waals surface area contributed by atoms with Crippen LogP contribution in [0.25, 0.3) is 0 Å². The highest BCUT2D eigenvalue weighted by Crippen LogP contribution is 2.29. The number of amides is 1. The molecule has 0 saturated carbocycles. The average Bonchev–Trinajstić information content (AvgIpc) is 2.73. The Balaban J connectivity index is 1.68. The van der Waals surface area contributed by atoms with Crippen molar-refractivity contribution in [2.24, 2.45) is 5.92 Å². The van der Waals surface area contributed by atoms with Gasteiger partial charge in [0, 0.05) is 18.7 Å². The molecule has 1 atom stereocenters. The molecule has 1 aromatic carbocycles. The summed E-state index contributed by atoms with van der Waals surface area (Å²) in [6.45, 7) is 3.37. The largest absolute Gasteiger partial charge is 0.466 e. The molecule has 1 amide bonds. The summed E-state index contributed by atoms with van der Waals surface area (Å²) in [4.78, 5) is 34.6. The van der Waals surface area contributed by atoms with Crippen LogP contribution < -0.4 is 21.5 Å². The highest BCUT2D eigenvalue weighted by atomic mass is 16.5. The number of aromatic nitrogens is 2. The standard InChI is InChI=1S/C19H24N6O3/c1-2-28-19(27)14-9-6-10-25(11-14)17-15(20)16(21-12-22-17)23-24-18(26)13-7-4-3-5-8-13/h3-5,7-8,12,14H,2,6,9-11,20H2,1H3,(H,24,26)(H,21,22,23). The van der Waals surface area contributed by atoms with Crippen molar-refractivity contribution in [3.05, 3.63) is 42.2 Å². The van der Waals surface area contributed by atoms with Gasteiger partial charge in [0.2, 0.25) is 0 Å². The summed E-state index contributed by atoms with van der Waals surface area (Å²) in [5.41, 5.74) is 12.4. The second-order valence-corrected chi connectivity index (χ2v) is 6.44. The second kappa shape index (κ2) is 9.03. The van der Waals surface area contributed by atoms with Crippen LogP contribution >= 0.6 is 0 Å². The lowest BCUT2D eigenvalue weighted by molar-refractivity contribution is -0.148. The molecule has 0 radical (unpaired) electrons. The number of carbonyl (C=O) groups excluding carboxylic acids is 2. The van der Waals surface area contributed by atoms with Crippen LogP contribution in [0.3, 0.4) is 0 Å². The number of nitrogens with zero attached hydrogens (tertiary/aromatic N) is 3. The Bertz CT molecular complexity index is 830. The highest BCUT2D eigenvalue weighted by molar-refractivity contribution is 5.95. The number of anilines is 3. The minimum atomic E-state index is -0.305. The van der Waals surface area contributed by atoms with E-state index in [4.69, 9.17) is 10.5 Å². The molecule has 9 heteroatoms. The fraction of sp³-hybridized carbons (Fsp3) is 0.368. The first-order valence-corrected chi connectivity index (χ1v) is 9.23. The summed E-state index contributed by atoms with van der Waals surface area (Å²) in [6.07, 6.45) is 2.98. The second-order valence-electron chi connectivity index (χ2n) is 6.44. The summed E-state index contributed by atoms with van der Waals surface area (Å²) in [7, 11) is 0. The van der Waals surface area contributed by atoms with Crippen molar-refractivity contribution >= 4 is 29.2 Å². The lowest BCUT2D eigenvalue weighted by Gasteiger charge is -2.33. The van der Waals surface area contributed by atoms with Gasteiger partial charge in [0.25, 0.3) is 5.91 Å². The Kier molecular flexibility index (Phi) is 6.25. The van der Waals surface area contributed by atoms with E-state index < -0.39 is 0 Å². The zero-order valence-corrected chi connectivity index (χ0v) is 15.7. The third kappa shape index (κ3) is 4.48. The molecular formula is C19H24N6O3. The molecular weight excluding hydrogens is 360 g/mol. The monoisotopic (exact) mass is 384 g/mol. The SMILES string of the molecule is CCOC(=O)C1CCCN(c2ncnc(NNC(=O)c3ccccc3)c2N)C1. The van der Waals surface area contributed by atoms with Gasteiger partial charge in [-0.1, -0.05) is 18.2 Å². The molecule has 0 aliphatic carbocycles. The molecule has 9 nitrogen and oxygen atoms in total. The lowest BCUT2D eigenvalue weighted by atomic mass is 9.98. The van der Waals surface area contributed by atoms with Gasteiger partial charge < -0.3 is 15.4 Å². The van der Waals surface area contributed by atoms with Gasteiger partial charge in [0.05, 0.1) is 12.5 Å². The minimum absolute atomic E-state index is 0.201. The van der Waals surface area contributed by atoms with Gasteiger partial charge in [-0.3, -0.25) is 20.4 Å². The quantitative estimate of drug-likeness (QED) is 0.507. The fourth-order valence-corrected chi connectivity index (χ4v) is 3.14. The van der Waals surface area contributed by atoms with Crippen molar-refractivity contribution in [2.75, 3.05) is 35.8 Å². The van der Waals surface area contributed by atoms with Crippen molar-refractivity contribution in [1.29, 1.82) is 0 Å². The zero-order chi connectivity index (χ0) is 19.9. The molecule has 148 valence electrons. The topological polar surface area (TPSA) is 122 Å².